The van der Waals surface area contributed by atoms with E-state index < -0.39 is 5.97 Å². The number of nitrogen functional groups attached to an aromatic ring is 1. The Bertz CT molecular complexity index is 755. The van der Waals surface area contributed by atoms with E-state index in [1.165, 1.54) is 7.11 Å². The number of methoxy groups -OCH3 is 1. The molecule has 0 aliphatic rings. The molecule has 2 aromatic rings. The summed E-state index contributed by atoms with van der Waals surface area (Å²) in [6, 6.07) is 5.25. The maximum atomic E-state index is 12.4. The largest absolute Gasteiger partial charge is 0.465 e. The van der Waals surface area contributed by atoms with Gasteiger partial charge in [-0.15, -0.1) is 11.3 Å². The Balaban J connectivity index is 2.35. The number of esters is 1. The van der Waals surface area contributed by atoms with Crippen LogP contribution in [0.4, 0.5) is 10.7 Å². The Kier molecular flexibility index (Phi) is 4.73. The van der Waals surface area contributed by atoms with E-state index in [0.29, 0.717) is 21.2 Å². The summed E-state index contributed by atoms with van der Waals surface area (Å²) < 4.78 is 4.68. The second-order valence-electron chi connectivity index (χ2n) is 4.65. The highest BCUT2D eigenvalue weighted by Crippen LogP contribution is 2.32. The molecule has 2 rings (SSSR count). The lowest BCUT2D eigenvalue weighted by Gasteiger charge is -2.09. The minimum atomic E-state index is -0.552. The van der Waals surface area contributed by atoms with E-state index in [0.717, 1.165) is 16.9 Å². The molecule has 0 fully saturated rings. The van der Waals surface area contributed by atoms with Gasteiger partial charge in [0.1, 0.15) is 5.00 Å². The molecular formula is C15H15ClN2O3S. The number of carbonyl (C=O) groups excluding carboxylic acids is 2. The molecule has 7 heteroatoms. The summed E-state index contributed by atoms with van der Waals surface area (Å²) in [7, 11) is 1.27. The molecule has 0 atom stereocenters. The minimum absolute atomic E-state index is 0.237. The van der Waals surface area contributed by atoms with Crippen LogP contribution in [0.3, 0.4) is 0 Å². The third-order valence-electron chi connectivity index (χ3n) is 3.29. The topological polar surface area (TPSA) is 81.4 Å². The van der Waals surface area contributed by atoms with Gasteiger partial charge in [0.2, 0.25) is 0 Å². The van der Waals surface area contributed by atoms with E-state index in [2.05, 4.69) is 10.1 Å². The number of nitrogens with one attached hydrogen (secondary N) is 1. The Morgan fingerprint density at radius 3 is 2.59 bits per heavy atom. The molecule has 0 aliphatic carbocycles. The van der Waals surface area contributed by atoms with E-state index in [9.17, 15) is 9.59 Å². The summed E-state index contributed by atoms with van der Waals surface area (Å²) in [4.78, 5) is 24.5. The summed E-state index contributed by atoms with van der Waals surface area (Å²) in [6.07, 6.45) is 0. The lowest BCUT2D eigenvalue weighted by atomic mass is 10.1. The quantitative estimate of drug-likeness (QED) is 0.837. The number of nitrogens with two attached hydrogens (primary N) is 1. The van der Waals surface area contributed by atoms with Crippen LogP contribution in [-0.4, -0.2) is 19.0 Å². The first-order chi connectivity index (χ1) is 10.4. The molecule has 0 unspecified atom stereocenters. The van der Waals surface area contributed by atoms with Gasteiger partial charge in [0, 0.05) is 10.7 Å². The number of anilines is 2. The van der Waals surface area contributed by atoms with Crippen molar-refractivity contribution >= 4 is 45.5 Å². The molecule has 1 heterocycles. The van der Waals surface area contributed by atoms with Gasteiger partial charge in [-0.1, -0.05) is 17.7 Å². The van der Waals surface area contributed by atoms with Crippen molar-refractivity contribution in [2.24, 2.45) is 0 Å². The Morgan fingerprint density at radius 1 is 1.27 bits per heavy atom. The molecule has 0 saturated carbocycles. The highest BCUT2D eigenvalue weighted by molar-refractivity contribution is 7.18. The molecule has 1 aromatic carbocycles. The summed E-state index contributed by atoms with van der Waals surface area (Å²) in [5.41, 5.74) is 7.95. The van der Waals surface area contributed by atoms with E-state index >= 15 is 0 Å². The van der Waals surface area contributed by atoms with Crippen LogP contribution in [0.25, 0.3) is 0 Å². The molecule has 0 bridgehead atoms. The molecular weight excluding hydrogens is 324 g/mol. The van der Waals surface area contributed by atoms with Crippen LogP contribution in [0.2, 0.25) is 5.02 Å². The number of amides is 1. The van der Waals surface area contributed by atoms with Crippen LogP contribution in [0.5, 0.6) is 0 Å². The third-order valence-corrected chi connectivity index (χ3v) is 4.81. The van der Waals surface area contributed by atoms with Crippen LogP contribution in [0.1, 0.15) is 31.2 Å². The van der Waals surface area contributed by atoms with Crippen molar-refractivity contribution in [1.82, 2.24) is 0 Å². The molecule has 0 radical (unpaired) electrons. The van der Waals surface area contributed by atoms with Gasteiger partial charge in [-0.3, -0.25) is 4.79 Å². The third kappa shape index (κ3) is 2.93. The van der Waals surface area contributed by atoms with Crippen LogP contribution >= 0.6 is 22.9 Å². The van der Waals surface area contributed by atoms with Gasteiger partial charge in [0.15, 0.2) is 0 Å². The van der Waals surface area contributed by atoms with Gasteiger partial charge in [-0.05, 0) is 37.1 Å². The first kappa shape index (κ1) is 16.3. The SMILES string of the molecule is COC(=O)c1c(N)sc(C(=O)Nc2cccc(Cl)c2C)c1C. The number of benzene rings is 1. The van der Waals surface area contributed by atoms with Crippen molar-refractivity contribution in [3.63, 3.8) is 0 Å². The van der Waals surface area contributed by atoms with Crippen molar-refractivity contribution in [2.75, 3.05) is 18.2 Å². The molecule has 5 nitrogen and oxygen atoms in total. The number of rotatable bonds is 3. The molecule has 0 saturated heterocycles. The van der Waals surface area contributed by atoms with E-state index in [1.807, 2.05) is 6.92 Å². The number of hydrogen-bond acceptors (Lipinski definition) is 5. The zero-order valence-electron chi connectivity index (χ0n) is 12.3. The lowest BCUT2D eigenvalue weighted by molar-refractivity contribution is 0.0601. The summed E-state index contributed by atoms with van der Waals surface area (Å²) in [5.74, 6) is -0.890. The van der Waals surface area contributed by atoms with Gasteiger partial charge in [0.05, 0.1) is 17.6 Å². The number of carbonyl (C=O) groups is 2. The first-order valence-electron chi connectivity index (χ1n) is 6.40. The zero-order chi connectivity index (χ0) is 16.4. The highest BCUT2D eigenvalue weighted by Gasteiger charge is 2.24. The first-order valence-corrected chi connectivity index (χ1v) is 7.60. The molecule has 0 aliphatic heterocycles. The molecule has 1 amide bonds. The van der Waals surface area contributed by atoms with Gasteiger partial charge in [0.25, 0.3) is 5.91 Å². The van der Waals surface area contributed by atoms with Crippen LogP contribution in [0, 0.1) is 13.8 Å². The predicted molar refractivity (Wildman–Crippen MR) is 89.0 cm³/mol. The molecule has 1 aromatic heterocycles. The van der Waals surface area contributed by atoms with Crippen molar-refractivity contribution in [1.29, 1.82) is 0 Å². The fourth-order valence-electron chi connectivity index (χ4n) is 2.03. The van der Waals surface area contributed by atoms with Crippen LogP contribution < -0.4 is 11.1 Å². The number of hydrogen-bond donors (Lipinski definition) is 2. The highest BCUT2D eigenvalue weighted by atomic mass is 35.5. The summed E-state index contributed by atoms with van der Waals surface area (Å²) >= 11 is 7.09. The van der Waals surface area contributed by atoms with Crippen LogP contribution in [-0.2, 0) is 4.74 Å². The van der Waals surface area contributed by atoms with E-state index in [-0.39, 0.29) is 16.5 Å². The zero-order valence-corrected chi connectivity index (χ0v) is 13.9. The maximum Gasteiger partial charge on any atom is 0.341 e. The summed E-state index contributed by atoms with van der Waals surface area (Å²) in [5, 5.41) is 3.61. The van der Waals surface area contributed by atoms with Gasteiger partial charge >= 0.3 is 5.97 Å². The number of thiophene rings is 1. The lowest BCUT2D eigenvalue weighted by Crippen LogP contribution is -2.13. The van der Waals surface area contributed by atoms with Crippen molar-refractivity contribution in [2.45, 2.75) is 13.8 Å². The predicted octanol–water partition coefficient (Wildman–Crippen LogP) is 3.64. The average Bonchev–Trinajstić information content (AvgIpc) is 2.78. The van der Waals surface area contributed by atoms with Crippen LogP contribution in [0.15, 0.2) is 18.2 Å². The Morgan fingerprint density at radius 2 is 1.95 bits per heavy atom. The summed E-state index contributed by atoms with van der Waals surface area (Å²) in [6.45, 7) is 3.48. The standard InChI is InChI=1S/C15H15ClN2O3S/c1-7-9(16)5-4-6-10(7)18-14(19)12-8(2)11(13(17)22-12)15(20)21-3/h4-6H,17H2,1-3H3,(H,18,19). The van der Waals surface area contributed by atoms with Gasteiger partial charge in [-0.25, -0.2) is 4.79 Å². The number of ether oxygens (including phenoxy) is 1. The average molecular weight is 339 g/mol. The second-order valence-corrected chi connectivity index (χ2v) is 6.11. The van der Waals surface area contributed by atoms with Crippen molar-refractivity contribution in [3.8, 4) is 0 Å². The fourth-order valence-corrected chi connectivity index (χ4v) is 3.16. The normalized spacial score (nSPS) is 10.4. The number of halogens is 1. The molecule has 0 spiro atoms. The van der Waals surface area contributed by atoms with Gasteiger partial charge in [-0.2, -0.15) is 0 Å². The monoisotopic (exact) mass is 338 g/mol. The minimum Gasteiger partial charge on any atom is -0.465 e. The van der Waals surface area contributed by atoms with E-state index in [4.69, 9.17) is 17.3 Å². The van der Waals surface area contributed by atoms with Crippen molar-refractivity contribution in [3.05, 3.63) is 44.8 Å². The Labute approximate surface area is 137 Å². The van der Waals surface area contributed by atoms with E-state index in [1.54, 1.807) is 25.1 Å². The van der Waals surface area contributed by atoms with Crippen molar-refractivity contribution < 1.29 is 14.3 Å². The Hall–Kier alpha value is -2.05. The molecule has 22 heavy (non-hydrogen) atoms. The second kappa shape index (κ2) is 6.37. The molecule has 116 valence electrons. The molecule has 3 N–H and O–H groups in total. The smallest absolute Gasteiger partial charge is 0.341 e. The maximum absolute atomic E-state index is 12.4. The fraction of sp³-hybridized carbons (Fsp3) is 0.200. The van der Waals surface area contributed by atoms with Gasteiger partial charge < -0.3 is 15.8 Å².